The summed E-state index contributed by atoms with van der Waals surface area (Å²) in [5.41, 5.74) is 1.61. The first-order valence-corrected chi connectivity index (χ1v) is 12.8. The zero-order valence-electron chi connectivity index (χ0n) is 22.2. The summed E-state index contributed by atoms with van der Waals surface area (Å²) >= 11 is 0. The van der Waals surface area contributed by atoms with Crippen LogP contribution in [0.5, 0.6) is 23.0 Å². The molecule has 1 aliphatic rings. The van der Waals surface area contributed by atoms with Crippen molar-refractivity contribution in [2.24, 2.45) is 0 Å². The van der Waals surface area contributed by atoms with Gasteiger partial charge in [-0.15, -0.1) is 0 Å². The van der Waals surface area contributed by atoms with Gasteiger partial charge in [0.15, 0.2) is 17.3 Å². The van der Waals surface area contributed by atoms with Gasteiger partial charge in [0.2, 0.25) is 0 Å². The van der Waals surface area contributed by atoms with E-state index in [-0.39, 0.29) is 17.2 Å². The summed E-state index contributed by atoms with van der Waals surface area (Å²) in [5.74, 6) is 1.48. The number of methoxy groups -OCH3 is 2. The number of hydrogen-bond donors (Lipinski definition) is 1. The number of nitrogens with one attached hydrogen (secondary N) is 1. The van der Waals surface area contributed by atoms with Gasteiger partial charge in [-0.2, -0.15) is 0 Å². The zero-order valence-corrected chi connectivity index (χ0v) is 22.2. The van der Waals surface area contributed by atoms with Gasteiger partial charge in [-0.3, -0.25) is 23.9 Å². The van der Waals surface area contributed by atoms with E-state index in [1.165, 1.54) is 16.8 Å². The molecular weight excluding hydrogens is 524 g/mol. The van der Waals surface area contributed by atoms with Crippen LogP contribution in [-0.2, 0) is 6.42 Å². The predicted molar refractivity (Wildman–Crippen MR) is 152 cm³/mol. The number of fused-ring (bicyclic) bond motifs is 2. The molecule has 0 spiro atoms. The molecule has 6 rings (SSSR count). The van der Waals surface area contributed by atoms with Crippen molar-refractivity contribution < 1.29 is 23.8 Å². The molecule has 0 aliphatic heterocycles. The lowest BCUT2D eigenvalue weighted by atomic mass is 10.1. The highest BCUT2D eigenvalue weighted by Gasteiger charge is 2.28. The van der Waals surface area contributed by atoms with Gasteiger partial charge < -0.3 is 19.5 Å². The van der Waals surface area contributed by atoms with Gasteiger partial charge in [0.25, 0.3) is 11.5 Å². The molecule has 0 unspecified atom stereocenters. The van der Waals surface area contributed by atoms with E-state index in [1.54, 1.807) is 75.0 Å². The number of benzene rings is 2. The minimum Gasteiger partial charge on any atom is -0.493 e. The first-order valence-electron chi connectivity index (χ1n) is 12.8. The van der Waals surface area contributed by atoms with E-state index < -0.39 is 11.5 Å². The summed E-state index contributed by atoms with van der Waals surface area (Å²) in [6.45, 7) is 0. The Bertz CT molecular complexity index is 1870. The summed E-state index contributed by atoms with van der Waals surface area (Å²) in [7, 11) is 3.11. The topological polar surface area (TPSA) is 122 Å². The van der Waals surface area contributed by atoms with Crippen LogP contribution in [0.1, 0.15) is 32.8 Å². The number of pyridine rings is 3. The maximum absolute atomic E-state index is 13.4. The molecule has 1 N–H and O–H groups in total. The van der Waals surface area contributed by atoms with Crippen molar-refractivity contribution >= 4 is 28.4 Å². The molecule has 5 aromatic rings. The number of amides is 1. The normalized spacial score (nSPS) is 12.2. The molecule has 1 aliphatic carbocycles. The van der Waals surface area contributed by atoms with Crippen molar-refractivity contribution in [3.8, 4) is 28.7 Å². The third-order valence-corrected chi connectivity index (χ3v) is 6.86. The molecule has 204 valence electrons. The molecular formula is C31H24N4O6. The molecule has 0 fully saturated rings. The molecule has 3 aromatic heterocycles. The number of rotatable bonds is 7. The maximum Gasteiger partial charge on any atom is 0.268 e. The Labute approximate surface area is 234 Å². The lowest BCUT2D eigenvalue weighted by molar-refractivity contribution is 0.0994. The summed E-state index contributed by atoms with van der Waals surface area (Å²) < 4.78 is 18.3. The van der Waals surface area contributed by atoms with E-state index in [2.05, 4.69) is 15.3 Å². The van der Waals surface area contributed by atoms with Gasteiger partial charge in [0.1, 0.15) is 22.9 Å². The number of carbonyl (C=O) groups excluding carboxylic acids is 2. The minimum absolute atomic E-state index is 0.0990. The van der Waals surface area contributed by atoms with Crippen LogP contribution >= 0.6 is 0 Å². The number of ketones is 1. The Balaban J connectivity index is 1.26. The summed E-state index contributed by atoms with van der Waals surface area (Å²) in [6.07, 6.45) is 3.81. The highest BCUT2D eigenvalue weighted by Crippen LogP contribution is 2.36. The fraction of sp³-hybridized carbons (Fsp3) is 0.129. The first-order chi connectivity index (χ1) is 20.0. The van der Waals surface area contributed by atoms with Gasteiger partial charge >= 0.3 is 0 Å². The predicted octanol–water partition coefficient (Wildman–Crippen LogP) is 4.97. The second-order valence-corrected chi connectivity index (χ2v) is 9.29. The number of Topliss-reactive ketones (excluding diaryl/α,β-unsaturated/α-hetero) is 1. The molecule has 41 heavy (non-hydrogen) atoms. The largest absolute Gasteiger partial charge is 0.493 e. The van der Waals surface area contributed by atoms with E-state index in [0.29, 0.717) is 63.7 Å². The summed E-state index contributed by atoms with van der Waals surface area (Å²) in [6, 6.07) is 18.8. The third-order valence-electron chi connectivity index (χ3n) is 6.86. The second-order valence-electron chi connectivity index (χ2n) is 9.29. The van der Waals surface area contributed by atoms with Crippen LogP contribution in [0.25, 0.3) is 16.6 Å². The van der Waals surface area contributed by atoms with Gasteiger partial charge in [-0.1, -0.05) is 18.2 Å². The average Bonchev–Trinajstić information content (AvgIpc) is 3.37. The van der Waals surface area contributed by atoms with E-state index in [0.717, 1.165) is 0 Å². The fourth-order valence-corrected chi connectivity index (χ4v) is 4.88. The van der Waals surface area contributed by atoms with Crippen LogP contribution in [0.3, 0.4) is 0 Å². The van der Waals surface area contributed by atoms with E-state index >= 15 is 0 Å². The Morgan fingerprint density at radius 3 is 2.39 bits per heavy atom. The molecule has 1 amide bonds. The maximum atomic E-state index is 13.4. The molecule has 0 atom stereocenters. The quantitative estimate of drug-likeness (QED) is 0.303. The fourth-order valence-electron chi connectivity index (χ4n) is 4.88. The van der Waals surface area contributed by atoms with Crippen LogP contribution < -0.4 is 25.1 Å². The number of anilines is 1. The van der Waals surface area contributed by atoms with Gasteiger partial charge in [0, 0.05) is 41.0 Å². The number of aromatic nitrogens is 3. The Kier molecular flexibility index (Phi) is 6.64. The van der Waals surface area contributed by atoms with Crippen LogP contribution in [0, 0.1) is 0 Å². The van der Waals surface area contributed by atoms with Crippen molar-refractivity contribution in [2.45, 2.75) is 12.8 Å². The van der Waals surface area contributed by atoms with Crippen molar-refractivity contribution in [2.75, 3.05) is 19.5 Å². The zero-order chi connectivity index (χ0) is 28.5. The van der Waals surface area contributed by atoms with Crippen LogP contribution in [-0.4, -0.2) is 40.4 Å². The van der Waals surface area contributed by atoms with Crippen LogP contribution in [0.4, 0.5) is 5.82 Å². The van der Waals surface area contributed by atoms with Gasteiger partial charge in [-0.25, -0.2) is 4.98 Å². The minimum atomic E-state index is -0.662. The highest BCUT2D eigenvalue weighted by molar-refractivity contribution is 6.07. The monoisotopic (exact) mass is 548 g/mol. The van der Waals surface area contributed by atoms with Gasteiger partial charge in [0.05, 0.1) is 25.9 Å². The standard InChI is InChI=1S/C31H24N4O6/c1-39-27-15-20-23(16-28(27)40-2)32-13-12-26(20)41-19-8-11-29(33-17-19)34-30(37)22-14-21-24(9-10-25(21)36)35(31(22)38)18-6-4-3-5-7-18/h3-8,11-17H,9-10H2,1-2H3,(H,33,34,37). The second kappa shape index (κ2) is 10.6. The molecule has 10 nitrogen and oxygen atoms in total. The average molecular weight is 549 g/mol. The molecule has 2 aromatic carbocycles. The van der Waals surface area contributed by atoms with E-state index in [9.17, 15) is 14.4 Å². The Morgan fingerprint density at radius 2 is 1.66 bits per heavy atom. The molecule has 0 radical (unpaired) electrons. The summed E-state index contributed by atoms with van der Waals surface area (Å²) in [4.78, 5) is 47.9. The smallest absolute Gasteiger partial charge is 0.268 e. The molecule has 0 saturated heterocycles. The van der Waals surface area contributed by atoms with Crippen molar-refractivity contribution in [1.29, 1.82) is 0 Å². The molecule has 0 bridgehead atoms. The van der Waals surface area contributed by atoms with Crippen molar-refractivity contribution in [3.05, 3.63) is 106 Å². The first kappa shape index (κ1) is 25.8. The van der Waals surface area contributed by atoms with Crippen molar-refractivity contribution in [1.82, 2.24) is 14.5 Å². The van der Waals surface area contributed by atoms with E-state index in [4.69, 9.17) is 14.2 Å². The summed E-state index contributed by atoms with van der Waals surface area (Å²) in [5, 5.41) is 3.37. The van der Waals surface area contributed by atoms with Crippen LogP contribution in [0.15, 0.2) is 83.9 Å². The third kappa shape index (κ3) is 4.76. The lowest BCUT2D eigenvalue weighted by Crippen LogP contribution is -2.31. The Hall–Kier alpha value is -5.51. The highest BCUT2D eigenvalue weighted by atomic mass is 16.5. The van der Waals surface area contributed by atoms with Gasteiger partial charge in [-0.05, 0) is 48.9 Å². The molecule has 3 heterocycles. The SMILES string of the molecule is COc1cc2nccc(Oc3ccc(NC(=O)c4cc5c(n(-c6ccccc6)c4=O)CCC5=O)nc3)c2cc1OC. The van der Waals surface area contributed by atoms with Crippen LogP contribution in [0.2, 0.25) is 0 Å². The Morgan fingerprint density at radius 1 is 0.878 bits per heavy atom. The molecule has 0 saturated carbocycles. The number of hydrogen-bond acceptors (Lipinski definition) is 8. The van der Waals surface area contributed by atoms with E-state index in [1.807, 2.05) is 6.07 Å². The lowest BCUT2D eigenvalue weighted by Gasteiger charge is -2.14. The molecule has 10 heteroatoms. The number of ether oxygens (including phenoxy) is 3. The number of carbonyl (C=O) groups is 2. The number of para-hydroxylation sites is 1. The van der Waals surface area contributed by atoms with Crippen molar-refractivity contribution in [3.63, 3.8) is 0 Å². The number of nitrogens with zero attached hydrogens (tertiary/aromatic N) is 3.